The fourth-order valence-electron chi connectivity index (χ4n) is 2.33. The van der Waals surface area contributed by atoms with Gasteiger partial charge in [-0.15, -0.1) is 0 Å². The van der Waals surface area contributed by atoms with Crippen molar-refractivity contribution >= 4 is 18.2 Å². The number of aliphatic carboxylic acids is 1. The van der Waals surface area contributed by atoms with Gasteiger partial charge in [0.1, 0.15) is 17.7 Å². The summed E-state index contributed by atoms with van der Waals surface area (Å²) in [5.74, 6) is -1.08. The van der Waals surface area contributed by atoms with Crippen molar-refractivity contribution in [1.82, 2.24) is 10.2 Å². The van der Waals surface area contributed by atoms with Crippen molar-refractivity contribution in [3.05, 3.63) is 0 Å². The Morgan fingerprint density at radius 3 is 2.42 bits per heavy atom. The number of carboxylic acids is 1. The predicted molar refractivity (Wildman–Crippen MR) is 86.8 cm³/mol. The van der Waals surface area contributed by atoms with Crippen LogP contribution < -0.4 is 5.32 Å². The van der Waals surface area contributed by atoms with Crippen LogP contribution in [0.2, 0.25) is 0 Å². The Labute approximate surface area is 142 Å². The van der Waals surface area contributed by atoms with Gasteiger partial charge < -0.3 is 19.9 Å². The molecule has 0 bridgehead atoms. The minimum absolute atomic E-state index is 0.0709. The normalized spacial score (nSPS) is 22.5. The summed E-state index contributed by atoms with van der Waals surface area (Å²) < 4.78 is 10.4. The van der Waals surface area contributed by atoms with Gasteiger partial charge in [0.15, 0.2) is 0 Å². The first kappa shape index (κ1) is 20.1. The smallest absolute Gasteiger partial charge is 0.411 e. The van der Waals surface area contributed by atoms with E-state index in [0.29, 0.717) is 12.8 Å². The van der Waals surface area contributed by atoms with Gasteiger partial charge in [-0.1, -0.05) is 6.92 Å². The molecule has 2 amide bonds. The molecule has 1 aliphatic rings. The van der Waals surface area contributed by atoms with Crippen LogP contribution in [0.1, 0.15) is 53.9 Å². The Kier molecular flexibility index (Phi) is 6.86. The molecule has 1 aliphatic heterocycles. The number of carbonyl (C=O) groups excluding carboxylic acids is 2. The van der Waals surface area contributed by atoms with Crippen LogP contribution in [-0.4, -0.2) is 58.5 Å². The highest BCUT2D eigenvalue weighted by Gasteiger charge is 2.38. The van der Waals surface area contributed by atoms with Gasteiger partial charge in [-0.3, -0.25) is 4.90 Å². The Balaban J connectivity index is 2.73. The average molecular weight is 344 g/mol. The van der Waals surface area contributed by atoms with Gasteiger partial charge in [0, 0.05) is 6.54 Å². The Morgan fingerprint density at radius 2 is 1.92 bits per heavy atom. The molecule has 0 aliphatic carbocycles. The molecular formula is C16H28N2O6. The molecule has 2 N–H and O–H groups in total. The van der Waals surface area contributed by atoms with E-state index in [9.17, 15) is 19.5 Å². The van der Waals surface area contributed by atoms with Crippen molar-refractivity contribution in [2.75, 3.05) is 6.54 Å². The van der Waals surface area contributed by atoms with Crippen LogP contribution >= 0.6 is 0 Å². The highest BCUT2D eigenvalue weighted by atomic mass is 16.6. The molecule has 1 rings (SSSR count). The number of nitrogens with zero attached hydrogens (tertiary/aromatic N) is 1. The molecule has 0 aromatic carbocycles. The third kappa shape index (κ3) is 6.25. The summed E-state index contributed by atoms with van der Waals surface area (Å²) >= 11 is 0. The molecule has 8 nitrogen and oxygen atoms in total. The quantitative estimate of drug-likeness (QED) is 0.811. The fourth-order valence-corrected chi connectivity index (χ4v) is 2.33. The first-order chi connectivity index (χ1) is 11.0. The van der Waals surface area contributed by atoms with E-state index in [1.54, 1.807) is 27.7 Å². The zero-order valence-corrected chi connectivity index (χ0v) is 15.0. The van der Waals surface area contributed by atoms with Crippen LogP contribution in [0.15, 0.2) is 0 Å². The van der Waals surface area contributed by atoms with Gasteiger partial charge in [0.25, 0.3) is 0 Å². The maximum atomic E-state index is 12.3. The van der Waals surface area contributed by atoms with Gasteiger partial charge in [-0.25, -0.2) is 14.4 Å². The summed E-state index contributed by atoms with van der Waals surface area (Å²) in [7, 11) is 0. The SMILES string of the molecule is CCC(C)OC(=O)NC1CCC(C(=O)O)N(C(=O)OC(C)(C)C)C1. The molecule has 0 aromatic rings. The number of hydrogen-bond donors (Lipinski definition) is 2. The lowest BCUT2D eigenvalue weighted by Gasteiger charge is -2.38. The zero-order chi connectivity index (χ0) is 18.5. The van der Waals surface area contributed by atoms with Crippen molar-refractivity contribution in [1.29, 1.82) is 0 Å². The van der Waals surface area contributed by atoms with E-state index in [4.69, 9.17) is 9.47 Å². The van der Waals surface area contributed by atoms with E-state index in [1.807, 2.05) is 6.92 Å². The second kappa shape index (κ2) is 8.21. The van der Waals surface area contributed by atoms with Crippen LogP contribution in [0.3, 0.4) is 0 Å². The van der Waals surface area contributed by atoms with Crippen LogP contribution in [0.5, 0.6) is 0 Å². The summed E-state index contributed by atoms with van der Waals surface area (Å²) in [6.07, 6.45) is -0.0796. The van der Waals surface area contributed by atoms with E-state index in [-0.39, 0.29) is 25.1 Å². The number of rotatable bonds is 4. The first-order valence-corrected chi connectivity index (χ1v) is 8.23. The van der Waals surface area contributed by atoms with E-state index < -0.39 is 29.8 Å². The number of likely N-dealkylation sites (tertiary alicyclic amines) is 1. The summed E-state index contributed by atoms with van der Waals surface area (Å²) in [6.45, 7) is 8.90. The molecule has 3 unspecified atom stereocenters. The summed E-state index contributed by atoms with van der Waals surface area (Å²) in [4.78, 5) is 36.6. The van der Waals surface area contributed by atoms with Crippen LogP contribution in [0.25, 0.3) is 0 Å². The maximum absolute atomic E-state index is 12.3. The van der Waals surface area contributed by atoms with Gasteiger partial charge in [0.2, 0.25) is 0 Å². The maximum Gasteiger partial charge on any atom is 0.411 e. The lowest BCUT2D eigenvalue weighted by Crippen LogP contribution is -2.57. The van der Waals surface area contributed by atoms with E-state index in [0.717, 1.165) is 4.90 Å². The zero-order valence-electron chi connectivity index (χ0n) is 15.0. The predicted octanol–water partition coefficient (Wildman–Crippen LogP) is 2.36. The molecule has 0 radical (unpaired) electrons. The minimum Gasteiger partial charge on any atom is -0.480 e. The number of amides is 2. The molecule has 0 aromatic heterocycles. The van der Waals surface area contributed by atoms with Crippen molar-refractivity contribution in [3.63, 3.8) is 0 Å². The fraction of sp³-hybridized carbons (Fsp3) is 0.812. The van der Waals surface area contributed by atoms with Crippen LogP contribution in [-0.2, 0) is 14.3 Å². The molecule has 24 heavy (non-hydrogen) atoms. The molecule has 0 saturated carbocycles. The van der Waals surface area contributed by atoms with Crippen molar-refractivity contribution < 1.29 is 29.0 Å². The molecule has 1 heterocycles. The molecule has 0 spiro atoms. The molecule has 8 heteroatoms. The molecule has 1 saturated heterocycles. The van der Waals surface area contributed by atoms with Gasteiger partial charge >= 0.3 is 18.2 Å². The Bertz CT molecular complexity index is 474. The van der Waals surface area contributed by atoms with E-state index in [2.05, 4.69) is 5.32 Å². The lowest BCUT2D eigenvalue weighted by molar-refractivity contribution is -0.144. The number of ether oxygens (including phenoxy) is 2. The number of carboxylic acid groups (broad SMARTS) is 1. The van der Waals surface area contributed by atoms with Crippen molar-refractivity contribution in [3.8, 4) is 0 Å². The van der Waals surface area contributed by atoms with E-state index >= 15 is 0 Å². The molecule has 138 valence electrons. The van der Waals surface area contributed by atoms with Crippen LogP contribution in [0, 0.1) is 0 Å². The second-order valence-corrected chi connectivity index (χ2v) is 7.03. The third-order valence-electron chi connectivity index (χ3n) is 3.70. The lowest BCUT2D eigenvalue weighted by atomic mass is 9.99. The van der Waals surface area contributed by atoms with E-state index in [1.165, 1.54) is 0 Å². The van der Waals surface area contributed by atoms with Gasteiger partial charge in [-0.2, -0.15) is 0 Å². The molecule has 3 atom stereocenters. The number of carbonyl (C=O) groups is 3. The number of hydrogen-bond acceptors (Lipinski definition) is 5. The van der Waals surface area contributed by atoms with Crippen LogP contribution in [0.4, 0.5) is 9.59 Å². The largest absolute Gasteiger partial charge is 0.480 e. The highest BCUT2D eigenvalue weighted by Crippen LogP contribution is 2.21. The minimum atomic E-state index is -1.08. The standard InChI is InChI=1S/C16H28N2O6/c1-6-10(2)23-14(21)17-11-7-8-12(13(19)20)18(9-11)15(22)24-16(3,4)5/h10-12H,6-9H2,1-5H3,(H,17,21)(H,19,20). The summed E-state index contributed by atoms with van der Waals surface area (Å²) in [5, 5.41) is 12.0. The average Bonchev–Trinajstić information content (AvgIpc) is 2.44. The third-order valence-corrected chi connectivity index (χ3v) is 3.70. The second-order valence-electron chi connectivity index (χ2n) is 7.03. The summed E-state index contributed by atoms with van der Waals surface area (Å²) in [6, 6.07) is -1.33. The molecule has 1 fully saturated rings. The number of nitrogens with one attached hydrogen (secondary N) is 1. The van der Waals surface area contributed by atoms with Gasteiger partial charge in [0.05, 0.1) is 6.04 Å². The number of alkyl carbamates (subject to hydrolysis) is 1. The number of piperidine rings is 1. The molecular weight excluding hydrogens is 316 g/mol. The van der Waals surface area contributed by atoms with Crippen molar-refractivity contribution in [2.24, 2.45) is 0 Å². The highest BCUT2D eigenvalue weighted by molar-refractivity contribution is 5.80. The topological polar surface area (TPSA) is 105 Å². The summed E-state index contributed by atoms with van der Waals surface area (Å²) in [5.41, 5.74) is -0.726. The monoisotopic (exact) mass is 344 g/mol. The van der Waals surface area contributed by atoms with Gasteiger partial charge in [-0.05, 0) is 47.0 Å². The first-order valence-electron chi connectivity index (χ1n) is 8.23. The van der Waals surface area contributed by atoms with Crippen molar-refractivity contribution in [2.45, 2.75) is 77.7 Å². The Hall–Kier alpha value is -1.99. The Morgan fingerprint density at radius 1 is 1.29 bits per heavy atom.